The number of nitrogens with zero attached hydrogens (tertiary/aromatic N) is 2. The van der Waals surface area contributed by atoms with E-state index in [1.165, 1.54) is 0 Å². The molecule has 2 aliphatic heterocycles. The molecule has 0 aliphatic carbocycles. The van der Waals surface area contributed by atoms with Crippen LogP contribution < -0.4 is 0 Å². The summed E-state index contributed by atoms with van der Waals surface area (Å²) in [6.07, 6.45) is 2.57. The fourth-order valence-corrected chi connectivity index (χ4v) is 2.90. The van der Waals surface area contributed by atoms with Gasteiger partial charge in [-0.2, -0.15) is 0 Å². The Bertz CT molecular complexity index is 362. The molecular formula is C13H22N2O4. The Kier molecular flexibility index (Phi) is 3.99. The van der Waals surface area contributed by atoms with Crippen LogP contribution in [0.15, 0.2) is 0 Å². The molecule has 2 saturated heterocycles. The monoisotopic (exact) mass is 270 g/mol. The molecule has 2 rings (SSSR count). The Morgan fingerprint density at radius 3 is 2.32 bits per heavy atom. The highest BCUT2D eigenvalue weighted by atomic mass is 16.4. The molecule has 19 heavy (non-hydrogen) atoms. The van der Waals surface area contributed by atoms with Crippen LogP contribution in [-0.4, -0.2) is 63.8 Å². The summed E-state index contributed by atoms with van der Waals surface area (Å²) in [6, 6.07) is -0.0659. The van der Waals surface area contributed by atoms with E-state index >= 15 is 0 Å². The molecule has 1 atom stereocenters. The van der Waals surface area contributed by atoms with Gasteiger partial charge in [0.2, 0.25) is 0 Å². The van der Waals surface area contributed by atoms with E-state index in [2.05, 4.69) is 0 Å². The first kappa shape index (κ1) is 14.1. The van der Waals surface area contributed by atoms with Crippen molar-refractivity contribution in [2.24, 2.45) is 5.92 Å². The molecule has 0 aromatic heterocycles. The number of likely N-dealkylation sites (tertiary alicyclic amines) is 2. The molecule has 2 fully saturated rings. The maximum atomic E-state index is 12.3. The number of carbonyl (C=O) groups excluding carboxylic acids is 1. The molecule has 108 valence electrons. The Balaban J connectivity index is 1.89. The molecule has 0 aromatic rings. The molecule has 6 nitrogen and oxygen atoms in total. The van der Waals surface area contributed by atoms with Crippen molar-refractivity contribution in [3.63, 3.8) is 0 Å². The Morgan fingerprint density at radius 2 is 1.79 bits per heavy atom. The van der Waals surface area contributed by atoms with Crippen molar-refractivity contribution in [1.29, 1.82) is 0 Å². The summed E-state index contributed by atoms with van der Waals surface area (Å²) < 4.78 is 0. The zero-order valence-corrected chi connectivity index (χ0v) is 11.3. The summed E-state index contributed by atoms with van der Waals surface area (Å²) in [5.41, 5.74) is -0.798. The van der Waals surface area contributed by atoms with E-state index in [9.17, 15) is 14.7 Å². The summed E-state index contributed by atoms with van der Waals surface area (Å²) in [5.74, 6) is -1.10. The largest absolute Gasteiger partial charge is 0.481 e. The van der Waals surface area contributed by atoms with Crippen LogP contribution in [0.1, 0.15) is 32.6 Å². The van der Waals surface area contributed by atoms with Gasteiger partial charge in [0.1, 0.15) is 0 Å². The second kappa shape index (κ2) is 5.36. The summed E-state index contributed by atoms with van der Waals surface area (Å²) >= 11 is 0. The van der Waals surface area contributed by atoms with E-state index in [0.717, 1.165) is 12.8 Å². The highest BCUT2D eigenvalue weighted by Gasteiger charge is 2.34. The fourth-order valence-electron chi connectivity index (χ4n) is 2.90. The predicted molar refractivity (Wildman–Crippen MR) is 68.8 cm³/mol. The standard InChI is InChI=1S/C13H22N2O4/c1-13(19)5-2-6-15(9-13)12(18)14-7-3-10(4-8-14)11(16)17/h10,19H,2-9H2,1H3,(H,16,17). The molecule has 2 heterocycles. The zero-order chi connectivity index (χ0) is 14.0. The minimum Gasteiger partial charge on any atom is -0.481 e. The minimum absolute atomic E-state index is 0.0659. The van der Waals surface area contributed by atoms with Crippen molar-refractivity contribution in [2.75, 3.05) is 26.2 Å². The van der Waals surface area contributed by atoms with Gasteiger partial charge >= 0.3 is 12.0 Å². The number of piperidine rings is 2. The van der Waals surface area contributed by atoms with Crippen LogP contribution in [0.5, 0.6) is 0 Å². The van der Waals surface area contributed by atoms with Gasteiger partial charge in [0.25, 0.3) is 0 Å². The number of urea groups is 1. The average Bonchev–Trinajstić information content (AvgIpc) is 2.37. The number of β-amino-alcohol motifs (C(OH)–C–C–N with tert-alkyl or cyclic N) is 1. The van der Waals surface area contributed by atoms with Gasteiger partial charge in [-0.1, -0.05) is 0 Å². The van der Waals surface area contributed by atoms with Crippen molar-refractivity contribution in [3.8, 4) is 0 Å². The first-order chi connectivity index (χ1) is 8.89. The van der Waals surface area contributed by atoms with Crippen LogP contribution in [0.25, 0.3) is 0 Å². The molecule has 0 radical (unpaired) electrons. The van der Waals surface area contributed by atoms with Gasteiger partial charge < -0.3 is 20.0 Å². The molecule has 2 N–H and O–H groups in total. The van der Waals surface area contributed by atoms with E-state index in [4.69, 9.17) is 5.11 Å². The zero-order valence-electron chi connectivity index (χ0n) is 11.3. The van der Waals surface area contributed by atoms with Crippen LogP contribution in [-0.2, 0) is 4.79 Å². The summed E-state index contributed by atoms with van der Waals surface area (Å²) in [7, 11) is 0. The number of hydrogen-bond donors (Lipinski definition) is 2. The van der Waals surface area contributed by atoms with Crippen LogP contribution in [0.3, 0.4) is 0 Å². The van der Waals surface area contributed by atoms with Crippen LogP contribution in [0.2, 0.25) is 0 Å². The minimum atomic E-state index is -0.798. The van der Waals surface area contributed by atoms with E-state index < -0.39 is 11.6 Å². The molecular weight excluding hydrogens is 248 g/mol. The van der Waals surface area contributed by atoms with Crippen molar-refractivity contribution in [2.45, 2.75) is 38.2 Å². The Morgan fingerprint density at radius 1 is 1.16 bits per heavy atom. The number of carboxylic acid groups (broad SMARTS) is 1. The normalized spacial score (nSPS) is 29.4. The predicted octanol–water partition coefficient (Wildman–Crippen LogP) is 0.750. The van der Waals surface area contributed by atoms with Crippen molar-refractivity contribution in [1.82, 2.24) is 9.80 Å². The summed E-state index contributed by atoms with van der Waals surface area (Å²) in [4.78, 5) is 26.6. The average molecular weight is 270 g/mol. The fraction of sp³-hybridized carbons (Fsp3) is 0.846. The number of carboxylic acids is 1. The topological polar surface area (TPSA) is 81.1 Å². The molecule has 6 heteroatoms. The van der Waals surface area contributed by atoms with Gasteiger partial charge in [-0.3, -0.25) is 4.79 Å². The number of aliphatic carboxylic acids is 1. The lowest BCUT2D eigenvalue weighted by Gasteiger charge is -2.40. The third-order valence-corrected chi connectivity index (χ3v) is 4.06. The van der Waals surface area contributed by atoms with Crippen molar-refractivity contribution < 1.29 is 19.8 Å². The number of rotatable bonds is 1. The van der Waals surface area contributed by atoms with Gasteiger partial charge in [0, 0.05) is 19.6 Å². The van der Waals surface area contributed by atoms with Gasteiger partial charge in [0.15, 0.2) is 0 Å². The number of carbonyl (C=O) groups is 2. The molecule has 0 aromatic carbocycles. The maximum Gasteiger partial charge on any atom is 0.320 e. The molecule has 0 spiro atoms. The smallest absolute Gasteiger partial charge is 0.320 e. The van der Waals surface area contributed by atoms with Gasteiger partial charge in [-0.25, -0.2) is 4.79 Å². The third kappa shape index (κ3) is 3.37. The first-order valence-corrected chi connectivity index (χ1v) is 6.88. The van der Waals surface area contributed by atoms with E-state index in [-0.39, 0.29) is 11.9 Å². The van der Waals surface area contributed by atoms with Crippen molar-refractivity contribution >= 4 is 12.0 Å². The highest BCUT2D eigenvalue weighted by Crippen LogP contribution is 2.23. The van der Waals surface area contributed by atoms with Gasteiger partial charge in [-0.05, 0) is 32.6 Å². The molecule has 1 unspecified atom stereocenters. The van der Waals surface area contributed by atoms with E-state index in [0.29, 0.717) is 39.0 Å². The second-order valence-corrected chi connectivity index (χ2v) is 5.90. The van der Waals surface area contributed by atoms with Crippen LogP contribution in [0.4, 0.5) is 4.79 Å². The number of hydrogen-bond acceptors (Lipinski definition) is 3. The van der Waals surface area contributed by atoms with Crippen molar-refractivity contribution in [3.05, 3.63) is 0 Å². The second-order valence-electron chi connectivity index (χ2n) is 5.90. The number of amides is 2. The van der Waals surface area contributed by atoms with Crippen LogP contribution in [0, 0.1) is 5.92 Å². The molecule has 2 amide bonds. The molecule has 0 bridgehead atoms. The SMILES string of the molecule is CC1(O)CCCN(C(=O)N2CCC(C(=O)O)CC2)C1. The highest BCUT2D eigenvalue weighted by molar-refractivity contribution is 5.75. The first-order valence-electron chi connectivity index (χ1n) is 6.88. The maximum absolute atomic E-state index is 12.3. The van der Waals surface area contributed by atoms with Gasteiger partial charge in [0.05, 0.1) is 18.1 Å². The molecule has 0 saturated carbocycles. The summed E-state index contributed by atoms with van der Waals surface area (Å²) in [6.45, 7) is 3.78. The van der Waals surface area contributed by atoms with E-state index in [1.54, 1.807) is 16.7 Å². The lowest BCUT2D eigenvalue weighted by molar-refractivity contribution is -0.143. The Labute approximate surface area is 113 Å². The van der Waals surface area contributed by atoms with Gasteiger partial charge in [-0.15, -0.1) is 0 Å². The van der Waals surface area contributed by atoms with Crippen LogP contribution >= 0.6 is 0 Å². The van der Waals surface area contributed by atoms with E-state index in [1.807, 2.05) is 0 Å². The number of aliphatic hydroxyl groups is 1. The third-order valence-electron chi connectivity index (χ3n) is 4.06. The molecule has 2 aliphatic rings. The summed E-state index contributed by atoms with van der Waals surface area (Å²) in [5, 5.41) is 19.0. The quantitative estimate of drug-likeness (QED) is 0.736. The Hall–Kier alpha value is -1.30. The lowest BCUT2D eigenvalue weighted by Crippen LogP contribution is -2.54. The lowest BCUT2D eigenvalue weighted by atomic mass is 9.95.